The van der Waals surface area contributed by atoms with Crippen molar-refractivity contribution < 1.29 is 29.0 Å². The van der Waals surface area contributed by atoms with Crippen LogP contribution in [0.4, 0.5) is 0 Å². The van der Waals surface area contributed by atoms with Crippen LogP contribution < -0.4 is 0 Å². The number of Topliss-reactive ketones (excluding diaryl/α,β-unsaturated/α-hetero) is 1. The lowest BCUT2D eigenvalue weighted by Crippen LogP contribution is -2.55. The molecule has 6 heteroatoms. The second-order valence-electron chi connectivity index (χ2n) is 5.32. The minimum Gasteiger partial charge on any atom is -0.466 e. The van der Waals surface area contributed by atoms with Crippen molar-refractivity contribution >= 4 is 17.7 Å². The maximum Gasteiger partial charge on any atom is 0.316 e. The van der Waals surface area contributed by atoms with Gasteiger partial charge in [0.05, 0.1) is 24.7 Å². The number of hydrogen-bond acceptors (Lipinski definition) is 6. The molecule has 0 heterocycles. The first kappa shape index (κ1) is 16.6. The molecule has 0 aromatic carbocycles. The standard InChI is InChI=1S/C14H22O6/c1-5-19-12(16)10-8(3)11(13(17)20-6-2)14(4,18)7-9(10)15/h8,10-11,18H,5-7H2,1-4H3/t8-,10+,11-,14+/m0/s1. The third-order valence-corrected chi connectivity index (χ3v) is 3.68. The lowest BCUT2D eigenvalue weighted by molar-refractivity contribution is -0.176. The van der Waals surface area contributed by atoms with E-state index in [4.69, 9.17) is 9.47 Å². The topological polar surface area (TPSA) is 89.9 Å². The number of hydrogen-bond donors (Lipinski definition) is 1. The molecule has 0 radical (unpaired) electrons. The molecule has 0 aromatic heterocycles. The van der Waals surface area contributed by atoms with Gasteiger partial charge in [0.1, 0.15) is 11.7 Å². The average Bonchev–Trinajstić information content (AvgIpc) is 2.27. The number of esters is 2. The zero-order chi connectivity index (χ0) is 15.5. The van der Waals surface area contributed by atoms with Crippen molar-refractivity contribution in [2.45, 2.75) is 39.7 Å². The molecule has 0 saturated heterocycles. The summed E-state index contributed by atoms with van der Waals surface area (Å²) in [7, 11) is 0. The number of carbonyl (C=O) groups is 3. The highest BCUT2D eigenvalue weighted by atomic mass is 16.5. The second-order valence-corrected chi connectivity index (χ2v) is 5.32. The van der Waals surface area contributed by atoms with E-state index in [2.05, 4.69) is 0 Å². The zero-order valence-electron chi connectivity index (χ0n) is 12.3. The van der Waals surface area contributed by atoms with Gasteiger partial charge >= 0.3 is 11.9 Å². The molecule has 20 heavy (non-hydrogen) atoms. The van der Waals surface area contributed by atoms with Crippen molar-refractivity contribution in [3.8, 4) is 0 Å². The fourth-order valence-electron chi connectivity index (χ4n) is 2.90. The maximum absolute atomic E-state index is 12.0. The molecule has 1 fully saturated rings. The molecule has 1 N–H and O–H groups in total. The molecule has 4 atom stereocenters. The van der Waals surface area contributed by atoms with Gasteiger partial charge in [-0.2, -0.15) is 0 Å². The molecular formula is C14H22O6. The lowest BCUT2D eigenvalue weighted by Gasteiger charge is -2.41. The summed E-state index contributed by atoms with van der Waals surface area (Å²) in [5.41, 5.74) is -1.51. The summed E-state index contributed by atoms with van der Waals surface area (Å²) in [6.07, 6.45) is -0.260. The minimum absolute atomic E-state index is 0.162. The number of rotatable bonds is 4. The summed E-state index contributed by atoms with van der Waals surface area (Å²) >= 11 is 0. The van der Waals surface area contributed by atoms with Crippen molar-refractivity contribution in [1.82, 2.24) is 0 Å². The molecule has 0 bridgehead atoms. The van der Waals surface area contributed by atoms with Crippen molar-refractivity contribution in [3.63, 3.8) is 0 Å². The van der Waals surface area contributed by atoms with Crippen LogP contribution in [0.2, 0.25) is 0 Å². The largest absolute Gasteiger partial charge is 0.466 e. The van der Waals surface area contributed by atoms with Gasteiger partial charge in [-0.15, -0.1) is 0 Å². The van der Waals surface area contributed by atoms with Gasteiger partial charge in [0, 0.05) is 6.42 Å². The third-order valence-electron chi connectivity index (χ3n) is 3.68. The Bertz CT molecular complexity index is 400. The SMILES string of the molecule is CCOC(=O)[C@H]1C(=O)C[C@@](C)(O)[C@H](C(=O)OCC)[C@H]1C. The minimum atomic E-state index is -1.51. The van der Waals surface area contributed by atoms with Crippen LogP contribution in [0.3, 0.4) is 0 Å². The van der Waals surface area contributed by atoms with E-state index in [-0.39, 0.29) is 19.6 Å². The van der Waals surface area contributed by atoms with E-state index in [1.54, 1.807) is 20.8 Å². The number of carbonyl (C=O) groups excluding carboxylic acids is 3. The maximum atomic E-state index is 12.0. The monoisotopic (exact) mass is 286 g/mol. The predicted molar refractivity (Wildman–Crippen MR) is 69.7 cm³/mol. The summed E-state index contributed by atoms with van der Waals surface area (Å²) in [5, 5.41) is 10.3. The molecular weight excluding hydrogens is 264 g/mol. The highest BCUT2D eigenvalue weighted by Crippen LogP contribution is 2.40. The molecule has 6 nitrogen and oxygen atoms in total. The van der Waals surface area contributed by atoms with Crippen LogP contribution in [0.5, 0.6) is 0 Å². The van der Waals surface area contributed by atoms with Gasteiger partial charge in [-0.3, -0.25) is 14.4 Å². The molecule has 1 aliphatic carbocycles. The van der Waals surface area contributed by atoms with E-state index in [9.17, 15) is 19.5 Å². The van der Waals surface area contributed by atoms with Gasteiger partial charge < -0.3 is 14.6 Å². The first-order valence-electron chi connectivity index (χ1n) is 6.84. The van der Waals surface area contributed by atoms with Gasteiger partial charge in [0.2, 0.25) is 0 Å². The van der Waals surface area contributed by atoms with Gasteiger partial charge in [-0.05, 0) is 26.7 Å². The Kier molecular flexibility index (Phi) is 5.28. The van der Waals surface area contributed by atoms with Gasteiger partial charge in [0.25, 0.3) is 0 Å². The Labute approximate surface area is 118 Å². The van der Waals surface area contributed by atoms with Crippen LogP contribution in [0, 0.1) is 17.8 Å². The van der Waals surface area contributed by atoms with E-state index in [0.717, 1.165) is 0 Å². The number of ether oxygens (including phenoxy) is 2. The summed E-state index contributed by atoms with van der Waals surface area (Å²) in [4.78, 5) is 35.9. The van der Waals surface area contributed by atoms with Crippen LogP contribution in [-0.2, 0) is 23.9 Å². The van der Waals surface area contributed by atoms with E-state index >= 15 is 0 Å². The Morgan fingerprint density at radius 3 is 2.25 bits per heavy atom. The smallest absolute Gasteiger partial charge is 0.316 e. The van der Waals surface area contributed by atoms with Crippen LogP contribution in [0.1, 0.15) is 34.1 Å². The van der Waals surface area contributed by atoms with Crippen molar-refractivity contribution in [3.05, 3.63) is 0 Å². The Morgan fingerprint density at radius 2 is 1.75 bits per heavy atom. The average molecular weight is 286 g/mol. The predicted octanol–water partition coefficient (Wildman–Crippen LogP) is 0.705. The summed E-state index contributed by atoms with van der Waals surface area (Å²) in [6.45, 7) is 6.66. The van der Waals surface area contributed by atoms with E-state index in [0.29, 0.717) is 0 Å². The van der Waals surface area contributed by atoms with Crippen LogP contribution in [0.15, 0.2) is 0 Å². The van der Waals surface area contributed by atoms with Gasteiger partial charge in [-0.25, -0.2) is 0 Å². The molecule has 0 spiro atoms. The number of aliphatic hydroxyl groups is 1. The zero-order valence-corrected chi connectivity index (χ0v) is 12.3. The number of ketones is 1. The molecule has 1 rings (SSSR count). The molecule has 0 amide bonds. The second kappa shape index (κ2) is 6.35. The summed E-state index contributed by atoms with van der Waals surface area (Å²) < 4.78 is 9.83. The Balaban J connectivity index is 3.05. The Morgan fingerprint density at radius 1 is 1.25 bits per heavy atom. The van der Waals surface area contributed by atoms with Crippen molar-refractivity contribution in [2.24, 2.45) is 17.8 Å². The third kappa shape index (κ3) is 3.17. The molecule has 0 aromatic rings. The van der Waals surface area contributed by atoms with E-state index in [1.807, 2.05) is 0 Å². The van der Waals surface area contributed by atoms with Gasteiger partial charge in [0.15, 0.2) is 0 Å². The molecule has 1 aliphatic rings. The Hall–Kier alpha value is -1.43. The molecule has 114 valence electrons. The van der Waals surface area contributed by atoms with Crippen LogP contribution in [0.25, 0.3) is 0 Å². The van der Waals surface area contributed by atoms with E-state index in [1.165, 1.54) is 6.92 Å². The first-order valence-corrected chi connectivity index (χ1v) is 6.84. The fraction of sp³-hybridized carbons (Fsp3) is 0.786. The van der Waals surface area contributed by atoms with Crippen LogP contribution in [-0.4, -0.2) is 41.6 Å². The fourth-order valence-corrected chi connectivity index (χ4v) is 2.90. The summed E-state index contributed by atoms with van der Waals surface area (Å²) in [5.74, 6) is -4.24. The van der Waals surface area contributed by atoms with E-state index < -0.39 is 41.1 Å². The van der Waals surface area contributed by atoms with Gasteiger partial charge in [-0.1, -0.05) is 6.92 Å². The summed E-state index contributed by atoms with van der Waals surface area (Å²) in [6, 6.07) is 0. The van der Waals surface area contributed by atoms with Crippen molar-refractivity contribution in [1.29, 1.82) is 0 Å². The molecule has 0 unspecified atom stereocenters. The molecule has 1 saturated carbocycles. The van der Waals surface area contributed by atoms with Crippen LogP contribution >= 0.6 is 0 Å². The normalized spacial score (nSPS) is 33.6. The first-order chi connectivity index (χ1) is 9.26. The highest BCUT2D eigenvalue weighted by Gasteiger charge is 2.54. The van der Waals surface area contributed by atoms with Crippen molar-refractivity contribution in [2.75, 3.05) is 13.2 Å². The quantitative estimate of drug-likeness (QED) is 0.604. The highest BCUT2D eigenvalue weighted by molar-refractivity contribution is 6.01. The molecule has 0 aliphatic heterocycles. The lowest BCUT2D eigenvalue weighted by atomic mass is 9.64.